The minimum Gasteiger partial charge on any atom is -0.493 e. The molecule has 0 unspecified atom stereocenters. The van der Waals surface area contributed by atoms with Crippen LogP contribution in [0.5, 0.6) is 11.5 Å². The number of hydrogen-bond acceptors (Lipinski definition) is 7. The molecule has 3 heterocycles. The monoisotopic (exact) mass is 462 g/mol. The van der Waals surface area contributed by atoms with E-state index in [2.05, 4.69) is 38.0 Å². The topological polar surface area (TPSA) is 83.8 Å². The van der Waals surface area contributed by atoms with Gasteiger partial charge in [0.1, 0.15) is 11.1 Å². The molecule has 2 aromatic carbocycles. The van der Waals surface area contributed by atoms with Crippen LogP contribution in [0.15, 0.2) is 58.2 Å². The van der Waals surface area contributed by atoms with Crippen LogP contribution in [0.1, 0.15) is 19.3 Å². The fourth-order valence-corrected chi connectivity index (χ4v) is 4.58. The molecule has 1 fully saturated rings. The lowest BCUT2D eigenvalue weighted by Gasteiger charge is -2.36. The van der Waals surface area contributed by atoms with Crippen LogP contribution in [0.3, 0.4) is 0 Å². The highest BCUT2D eigenvalue weighted by Crippen LogP contribution is 2.31. The molecule has 0 radical (unpaired) electrons. The minimum atomic E-state index is -0.0925. The molecule has 4 aromatic rings. The van der Waals surface area contributed by atoms with Crippen LogP contribution in [0.2, 0.25) is 0 Å². The number of nitrogens with zero attached hydrogens (tertiary/aromatic N) is 3. The number of para-hydroxylation sites is 1. The predicted octanol–water partition coefficient (Wildman–Crippen LogP) is 4.05. The Kier molecular flexibility index (Phi) is 6.67. The lowest BCUT2D eigenvalue weighted by molar-refractivity contribution is 0.244. The molecule has 1 N–H and O–H groups in total. The van der Waals surface area contributed by atoms with Gasteiger partial charge in [0.15, 0.2) is 16.9 Å². The second-order valence-electron chi connectivity index (χ2n) is 8.60. The van der Waals surface area contributed by atoms with Crippen molar-refractivity contribution in [1.82, 2.24) is 14.9 Å². The van der Waals surface area contributed by atoms with Gasteiger partial charge in [0.25, 0.3) is 0 Å². The summed E-state index contributed by atoms with van der Waals surface area (Å²) in [4.78, 5) is 24.6. The van der Waals surface area contributed by atoms with Crippen molar-refractivity contribution in [2.45, 2.75) is 19.3 Å². The first-order valence-corrected chi connectivity index (χ1v) is 11.8. The van der Waals surface area contributed by atoms with Gasteiger partial charge >= 0.3 is 0 Å². The summed E-state index contributed by atoms with van der Waals surface area (Å²) in [6, 6.07) is 11.1. The summed E-state index contributed by atoms with van der Waals surface area (Å²) in [5, 5.41) is 0.493. The third-order valence-electron chi connectivity index (χ3n) is 6.46. The Morgan fingerprint density at radius 1 is 1.06 bits per heavy atom. The first-order valence-electron chi connectivity index (χ1n) is 11.8. The number of unbranched alkanes of at least 4 members (excludes halogenated alkanes) is 2. The third kappa shape index (κ3) is 4.72. The molecule has 0 bridgehead atoms. The molecule has 0 amide bonds. The largest absolute Gasteiger partial charge is 0.493 e. The second kappa shape index (κ2) is 10.2. The number of hydrogen-bond donors (Lipinski definition) is 1. The fourth-order valence-electron chi connectivity index (χ4n) is 4.58. The van der Waals surface area contributed by atoms with E-state index in [4.69, 9.17) is 13.9 Å². The van der Waals surface area contributed by atoms with Crippen molar-refractivity contribution in [1.29, 1.82) is 0 Å². The molecule has 1 aliphatic heterocycles. The summed E-state index contributed by atoms with van der Waals surface area (Å²) in [6.45, 7) is 5.87. The summed E-state index contributed by atoms with van der Waals surface area (Å²) < 4.78 is 16.8. The Hall–Kier alpha value is -3.52. The zero-order chi connectivity index (χ0) is 23.3. The SMILES string of the molecule is COc1cc2c(=O)ccoc2cc1OCCCCCN1CCN(c2cccc3[nH]cnc23)CC1. The van der Waals surface area contributed by atoms with E-state index >= 15 is 0 Å². The molecule has 2 aromatic heterocycles. The highest BCUT2D eigenvalue weighted by Gasteiger charge is 2.19. The zero-order valence-electron chi connectivity index (χ0n) is 19.5. The Labute approximate surface area is 198 Å². The highest BCUT2D eigenvalue weighted by atomic mass is 16.5. The van der Waals surface area contributed by atoms with Crippen LogP contribution in [0.25, 0.3) is 22.0 Å². The molecule has 34 heavy (non-hydrogen) atoms. The normalized spacial score (nSPS) is 14.7. The Balaban J connectivity index is 1.05. The van der Waals surface area contributed by atoms with Crippen LogP contribution < -0.4 is 19.8 Å². The van der Waals surface area contributed by atoms with E-state index in [0.29, 0.717) is 29.1 Å². The molecule has 178 valence electrons. The van der Waals surface area contributed by atoms with Crippen molar-refractivity contribution < 1.29 is 13.9 Å². The van der Waals surface area contributed by atoms with E-state index < -0.39 is 0 Å². The van der Waals surface area contributed by atoms with E-state index in [9.17, 15) is 4.79 Å². The third-order valence-corrected chi connectivity index (χ3v) is 6.46. The number of aromatic nitrogens is 2. The maximum atomic E-state index is 12.0. The number of piperazine rings is 1. The lowest BCUT2D eigenvalue weighted by atomic mass is 10.2. The Bertz CT molecular complexity index is 1310. The molecule has 1 aliphatic rings. The van der Waals surface area contributed by atoms with Gasteiger partial charge in [-0.1, -0.05) is 6.07 Å². The summed E-state index contributed by atoms with van der Waals surface area (Å²) in [5.41, 5.74) is 3.78. The minimum absolute atomic E-state index is 0.0925. The van der Waals surface area contributed by atoms with Gasteiger partial charge in [0.05, 0.1) is 42.9 Å². The van der Waals surface area contributed by atoms with Crippen molar-refractivity contribution >= 4 is 27.7 Å². The number of benzene rings is 2. The van der Waals surface area contributed by atoms with Gasteiger partial charge < -0.3 is 23.8 Å². The number of aromatic amines is 1. The number of anilines is 1. The van der Waals surface area contributed by atoms with E-state index in [0.717, 1.165) is 63.0 Å². The number of nitrogens with one attached hydrogen (secondary N) is 1. The number of fused-ring (bicyclic) bond motifs is 2. The summed E-state index contributed by atoms with van der Waals surface area (Å²) in [6.07, 6.45) is 6.36. The van der Waals surface area contributed by atoms with Crippen LogP contribution >= 0.6 is 0 Å². The highest BCUT2D eigenvalue weighted by molar-refractivity contribution is 5.88. The fraction of sp³-hybridized carbons (Fsp3) is 0.385. The number of rotatable bonds is 9. The van der Waals surface area contributed by atoms with Crippen molar-refractivity contribution in [2.24, 2.45) is 0 Å². The van der Waals surface area contributed by atoms with Crippen molar-refractivity contribution in [3.8, 4) is 11.5 Å². The van der Waals surface area contributed by atoms with E-state index in [1.54, 1.807) is 25.6 Å². The van der Waals surface area contributed by atoms with Crippen LogP contribution in [-0.4, -0.2) is 61.3 Å². The molecule has 5 rings (SSSR count). The Morgan fingerprint density at radius 3 is 2.79 bits per heavy atom. The second-order valence-corrected chi connectivity index (χ2v) is 8.60. The number of imidazole rings is 1. The number of ether oxygens (including phenoxy) is 2. The maximum absolute atomic E-state index is 12.0. The number of H-pyrrole nitrogens is 1. The summed E-state index contributed by atoms with van der Waals surface area (Å²) in [7, 11) is 1.58. The van der Waals surface area contributed by atoms with E-state index in [1.165, 1.54) is 18.0 Å². The quantitative estimate of drug-likeness (QED) is 0.376. The molecular weight excluding hydrogens is 432 g/mol. The average Bonchev–Trinajstić information content (AvgIpc) is 3.35. The maximum Gasteiger partial charge on any atom is 0.192 e. The van der Waals surface area contributed by atoms with Gasteiger partial charge in [-0.15, -0.1) is 0 Å². The molecule has 0 atom stereocenters. The molecule has 0 saturated carbocycles. The first kappa shape index (κ1) is 22.3. The summed E-state index contributed by atoms with van der Waals surface area (Å²) >= 11 is 0. The van der Waals surface area contributed by atoms with Crippen molar-refractivity contribution in [3.05, 3.63) is 59.2 Å². The van der Waals surface area contributed by atoms with Crippen molar-refractivity contribution in [2.75, 3.05) is 51.3 Å². The standard InChI is InChI=1S/C26H30N4O4/c1-32-24-16-19-22(31)8-15-34-23(19)17-25(24)33-14-4-2-3-9-29-10-12-30(13-11-29)21-7-5-6-20-26(21)28-18-27-20/h5-8,15-18H,2-4,9-14H2,1H3,(H,27,28). The molecule has 8 heteroatoms. The average molecular weight is 463 g/mol. The molecule has 0 aliphatic carbocycles. The van der Waals surface area contributed by atoms with Gasteiger partial charge in [0.2, 0.25) is 0 Å². The van der Waals surface area contributed by atoms with E-state index in [-0.39, 0.29) is 5.43 Å². The Morgan fingerprint density at radius 2 is 1.94 bits per heavy atom. The molecular formula is C26H30N4O4. The van der Waals surface area contributed by atoms with Crippen LogP contribution in [-0.2, 0) is 0 Å². The number of methoxy groups -OCH3 is 1. The first-order chi connectivity index (χ1) is 16.7. The predicted molar refractivity (Wildman–Crippen MR) is 133 cm³/mol. The van der Waals surface area contributed by atoms with Crippen molar-refractivity contribution in [3.63, 3.8) is 0 Å². The smallest absolute Gasteiger partial charge is 0.192 e. The molecule has 8 nitrogen and oxygen atoms in total. The van der Waals surface area contributed by atoms with Gasteiger partial charge in [0, 0.05) is 38.3 Å². The van der Waals surface area contributed by atoms with E-state index in [1.807, 2.05) is 0 Å². The van der Waals surface area contributed by atoms with Crippen LogP contribution in [0, 0.1) is 0 Å². The summed E-state index contributed by atoms with van der Waals surface area (Å²) in [5.74, 6) is 1.15. The zero-order valence-corrected chi connectivity index (χ0v) is 19.5. The van der Waals surface area contributed by atoms with Crippen LogP contribution in [0.4, 0.5) is 5.69 Å². The molecule has 0 spiro atoms. The van der Waals surface area contributed by atoms with Gasteiger partial charge in [-0.25, -0.2) is 4.98 Å². The molecule has 1 saturated heterocycles. The van der Waals surface area contributed by atoms with Gasteiger partial charge in [-0.2, -0.15) is 0 Å². The van der Waals surface area contributed by atoms with Gasteiger partial charge in [-0.05, 0) is 44.0 Å². The van der Waals surface area contributed by atoms with Gasteiger partial charge in [-0.3, -0.25) is 9.69 Å². The lowest BCUT2D eigenvalue weighted by Crippen LogP contribution is -2.46.